The topological polar surface area (TPSA) is 34.6 Å². The van der Waals surface area contributed by atoms with E-state index in [0.29, 0.717) is 6.61 Å². The Bertz CT molecular complexity index is 1150. The monoisotopic (exact) mass is 412 g/mol. The second kappa shape index (κ2) is 9.63. The fourth-order valence-corrected chi connectivity index (χ4v) is 3.63. The molecule has 0 aliphatic rings. The summed E-state index contributed by atoms with van der Waals surface area (Å²) >= 11 is 0. The van der Waals surface area contributed by atoms with Gasteiger partial charge < -0.3 is 14.4 Å². The number of benzene rings is 3. The van der Waals surface area contributed by atoms with E-state index in [0.717, 1.165) is 57.8 Å². The molecule has 1 heterocycles. The SMILES string of the molecule is COc1ccc(-c2cc3ccccc3c(-c3cccc(OCCCN(C)C)c3)n2)cc1. The Labute approximate surface area is 184 Å². The molecule has 3 aromatic carbocycles. The van der Waals surface area contributed by atoms with Crippen molar-refractivity contribution >= 4 is 10.8 Å². The number of ether oxygens (including phenoxy) is 2. The van der Waals surface area contributed by atoms with Crippen molar-refractivity contribution < 1.29 is 9.47 Å². The summed E-state index contributed by atoms with van der Waals surface area (Å²) in [5.41, 5.74) is 4.01. The van der Waals surface area contributed by atoms with Crippen LogP contribution in [0, 0.1) is 0 Å². The van der Waals surface area contributed by atoms with E-state index in [1.807, 2.05) is 36.4 Å². The van der Waals surface area contributed by atoms with Gasteiger partial charge in [-0.15, -0.1) is 0 Å². The molecular formula is C27H28N2O2. The molecule has 0 bridgehead atoms. The van der Waals surface area contributed by atoms with Crippen LogP contribution < -0.4 is 9.47 Å². The molecule has 4 heteroatoms. The lowest BCUT2D eigenvalue weighted by molar-refractivity contribution is 0.281. The van der Waals surface area contributed by atoms with Gasteiger partial charge in [0.25, 0.3) is 0 Å². The third-order valence-electron chi connectivity index (χ3n) is 5.25. The van der Waals surface area contributed by atoms with E-state index in [2.05, 4.69) is 61.5 Å². The van der Waals surface area contributed by atoms with Gasteiger partial charge in [-0.3, -0.25) is 0 Å². The number of rotatable bonds is 8. The van der Waals surface area contributed by atoms with E-state index in [4.69, 9.17) is 14.5 Å². The van der Waals surface area contributed by atoms with Gasteiger partial charge >= 0.3 is 0 Å². The van der Waals surface area contributed by atoms with Crippen LogP contribution in [0.2, 0.25) is 0 Å². The second-order valence-corrected chi connectivity index (χ2v) is 7.84. The number of pyridine rings is 1. The lowest BCUT2D eigenvalue weighted by Crippen LogP contribution is -2.15. The molecule has 0 aliphatic heterocycles. The highest BCUT2D eigenvalue weighted by Crippen LogP contribution is 2.33. The molecule has 0 spiro atoms. The van der Waals surface area contributed by atoms with E-state index >= 15 is 0 Å². The van der Waals surface area contributed by atoms with Crippen LogP contribution in [-0.4, -0.2) is 44.2 Å². The Morgan fingerprint density at radius 1 is 0.806 bits per heavy atom. The van der Waals surface area contributed by atoms with E-state index in [9.17, 15) is 0 Å². The van der Waals surface area contributed by atoms with Crippen molar-refractivity contribution in [1.82, 2.24) is 9.88 Å². The van der Waals surface area contributed by atoms with Crippen LogP contribution in [-0.2, 0) is 0 Å². The van der Waals surface area contributed by atoms with Crippen LogP contribution in [0.4, 0.5) is 0 Å². The number of fused-ring (bicyclic) bond motifs is 1. The Kier molecular flexibility index (Phi) is 6.48. The van der Waals surface area contributed by atoms with Gasteiger partial charge in [0.15, 0.2) is 0 Å². The first-order chi connectivity index (χ1) is 15.1. The van der Waals surface area contributed by atoms with Crippen LogP contribution in [0.3, 0.4) is 0 Å². The minimum absolute atomic E-state index is 0.696. The van der Waals surface area contributed by atoms with Gasteiger partial charge in [0.1, 0.15) is 11.5 Å². The van der Waals surface area contributed by atoms with E-state index in [1.165, 1.54) is 0 Å². The van der Waals surface area contributed by atoms with Gasteiger partial charge in [-0.1, -0.05) is 36.4 Å². The van der Waals surface area contributed by atoms with Crippen molar-refractivity contribution in [3.8, 4) is 34.0 Å². The second-order valence-electron chi connectivity index (χ2n) is 7.84. The summed E-state index contributed by atoms with van der Waals surface area (Å²) in [7, 11) is 5.83. The fourth-order valence-electron chi connectivity index (χ4n) is 3.63. The van der Waals surface area contributed by atoms with Crippen molar-refractivity contribution in [2.75, 3.05) is 34.4 Å². The van der Waals surface area contributed by atoms with Gasteiger partial charge in [0.05, 0.1) is 25.1 Å². The predicted octanol–water partition coefficient (Wildman–Crippen LogP) is 5.91. The normalized spacial score (nSPS) is 11.1. The van der Waals surface area contributed by atoms with E-state index < -0.39 is 0 Å². The summed E-state index contributed by atoms with van der Waals surface area (Å²) in [4.78, 5) is 7.22. The van der Waals surface area contributed by atoms with Gasteiger partial charge in [0, 0.05) is 23.1 Å². The smallest absolute Gasteiger partial charge is 0.119 e. The minimum atomic E-state index is 0.696. The Morgan fingerprint density at radius 3 is 2.39 bits per heavy atom. The summed E-state index contributed by atoms with van der Waals surface area (Å²) in [5.74, 6) is 1.71. The molecule has 0 saturated heterocycles. The lowest BCUT2D eigenvalue weighted by Gasteiger charge is -2.13. The third kappa shape index (κ3) is 5.04. The first-order valence-electron chi connectivity index (χ1n) is 10.6. The molecule has 0 radical (unpaired) electrons. The average molecular weight is 413 g/mol. The molecule has 4 rings (SSSR count). The maximum Gasteiger partial charge on any atom is 0.119 e. The summed E-state index contributed by atoms with van der Waals surface area (Å²) in [6.45, 7) is 1.71. The highest BCUT2D eigenvalue weighted by molar-refractivity contribution is 5.97. The molecule has 1 aromatic heterocycles. The van der Waals surface area contributed by atoms with Crippen LogP contribution in [0.25, 0.3) is 33.3 Å². The van der Waals surface area contributed by atoms with Gasteiger partial charge in [-0.05, 0) is 68.4 Å². The number of hydrogen-bond acceptors (Lipinski definition) is 4. The molecule has 4 aromatic rings. The third-order valence-corrected chi connectivity index (χ3v) is 5.25. The number of aromatic nitrogens is 1. The van der Waals surface area contributed by atoms with Gasteiger partial charge in [-0.25, -0.2) is 4.98 Å². The lowest BCUT2D eigenvalue weighted by atomic mass is 10.0. The first-order valence-corrected chi connectivity index (χ1v) is 10.6. The number of hydrogen-bond donors (Lipinski definition) is 0. The van der Waals surface area contributed by atoms with Crippen LogP contribution in [0.1, 0.15) is 6.42 Å². The van der Waals surface area contributed by atoms with Gasteiger partial charge in [-0.2, -0.15) is 0 Å². The highest BCUT2D eigenvalue weighted by Gasteiger charge is 2.11. The zero-order valence-electron chi connectivity index (χ0n) is 18.3. The zero-order valence-corrected chi connectivity index (χ0v) is 18.3. The summed E-state index contributed by atoms with van der Waals surface area (Å²) in [5, 5.41) is 2.29. The molecule has 0 N–H and O–H groups in total. The van der Waals surface area contributed by atoms with Crippen LogP contribution in [0.15, 0.2) is 78.9 Å². The summed E-state index contributed by atoms with van der Waals surface area (Å²) in [6, 6.07) is 26.8. The number of nitrogens with zero attached hydrogens (tertiary/aromatic N) is 2. The van der Waals surface area contributed by atoms with E-state index in [1.54, 1.807) is 7.11 Å². The maximum absolute atomic E-state index is 6.00. The first kappa shape index (κ1) is 20.9. The molecule has 158 valence electrons. The number of methoxy groups -OCH3 is 1. The highest BCUT2D eigenvalue weighted by atomic mass is 16.5. The van der Waals surface area contributed by atoms with Crippen molar-refractivity contribution in [2.24, 2.45) is 0 Å². The Hall–Kier alpha value is -3.37. The molecule has 0 unspecified atom stereocenters. The largest absolute Gasteiger partial charge is 0.497 e. The standard InChI is InChI=1S/C27H28N2O2/c1-29(2)16-7-17-31-24-10-6-9-22(18-24)27-25-11-5-4-8-21(25)19-26(28-27)20-12-14-23(30-3)15-13-20/h4-6,8-15,18-19H,7,16-17H2,1-3H3. The Morgan fingerprint density at radius 2 is 1.61 bits per heavy atom. The van der Waals surface area contributed by atoms with Gasteiger partial charge in [0.2, 0.25) is 0 Å². The zero-order chi connectivity index (χ0) is 21.6. The molecule has 0 aliphatic carbocycles. The molecule has 4 nitrogen and oxygen atoms in total. The quantitative estimate of drug-likeness (QED) is 0.337. The van der Waals surface area contributed by atoms with Crippen molar-refractivity contribution in [3.05, 3.63) is 78.9 Å². The maximum atomic E-state index is 6.00. The predicted molar refractivity (Wildman–Crippen MR) is 128 cm³/mol. The molecule has 0 amide bonds. The minimum Gasteiger partial charge on any atom is -0.497 e. The van der Waals surface area contributed by atoms with Crippen LogP contribution >= 0.6 is 0 Å². The molecule has 0 saturated carbocycles. The molecule has 31 heavy (non-hydrogen) atoms. The van der Waals surface area contributed by atoms with E-state index in [-0.39, 0.29) is 0 Å². The fraction of sp³-hybridized carbons (Fsp3) is 0.222. The van der Waals surface area contributed by atoms with Crippen molar-refractivity contribution in [3.63, 3.8) is 0 Å². The Balaban J connectivity index is 1.70. The summed E-state index contributed by atoms with van der Waals surface area (Å²) in [6.07, 6.45) is 0.991. The molecule has 0 fully saturated rings. The van der Waals surface area contributed by atoms with Crippen LogP contribution in [0.5, 0.6) is 11.5 Å². The van der Waals surface area contributed by atoms with Crippen molar-refractivity contribution in [2.45, 2.75) is 6.42 Å². The summed E-state index contributed by atoms with van der Waals surface area (Å²) < 4.78 is 11.3. The molecule has 0 atom stereocenters. The average Bonchev–Trinajstić information content (AvgIpc) is 2.81. The molecular weight excluding hydrogens is 384 g/mol. The van der Waals surface area contributed by atoms with Crippen molar-refractivity contribution in [1.29, 1.82) is 0 Å².